The molecule has 1 unspecified atom stereocenters. The van der Waals surface area contributed by atoms with Crippen molar-refractivity contribution in [2.75, 3.05) is 13.7 Å². The number of quaternary nitrogens is 1. The lowest BCUT2D eigenvalue weighted by Crippen LogP contribution is -3.09. The summed E-state index contributed by atoms with van der Waals surface area (Å²) in [7, 11) is 1.95. The van der Waals surface area contributed by atoms with Gasteiger partial charge in [0.25, 0.3) is 5.91 Å². The van der Waals surface area contributed by atoms with Crippen molar-refractivity contribution >= 4 is 34.9 Å². The summed E-state index contributed by atoms with van der Waals surface area (Å²) in [6.45, 7) is 2.76. The normalized spacial score (nSPS) is 21.9. The van der Waals surface area contributed by atoms with E-state index in [1.807, 2.05) is 49.5 Å². The van der Waals surface area contributed by atoms with Crippen LogP contribution >= 0.6 is 22.9 Å². The first kappa shape index (κ1) is 17.0. The molecule has 5 nitrogen and oxygen atoms in total. The van der Waals surface area contributed by atoms with Gasteiger partial charge < -0.3 is 10.2 Å². The van der Waals surface area contributed by atoms with Gasteiger partial charge in [0.15, 0.2) is 6.67 Å². The topological polar surface area (TPSA) is 53.9 Å². The zero-order valence-corrected chi connectivity index (χ0v) is 15.1. The Hall–Kier alpha value is -1.89. The molecule has 0 aliphatic carbocycles. The van der Waals surface area contributed by atoms with Crippen molar-refractivity contribution < 1.29 is 14.5 Å². The third-order valence-corrected chi connectivity index (χ3v) is 5.39. The van der Waals surface area contributed by atoms with Crippen molar-refractivity contribution in [1.29, 1.82) is 0 Å². The highest BCUT2D eigenvalue weighted by molar-refractivity contribution is 7.16. The Morgan fingerprint density at radius 3 is 2.54 bits per heavy atom. The number of nitrogens with one attached hydrogen (secondary N) is 2. The molecule has 1 fully saturated rings. The van der Waals surface area contributed by atoms with Gasteiger partial charge in [-0.15, -0.1) is 11.3 Å². The molecule has 2 N–H and O–H groups in total. The standard InChI is InChI=1S/C17H18ClN3O2S/c1-17(12-6-4-3-5-7-12)15(22)21(16(23)19-17)11-20(2)10-13-8-9-14(18)24-13/h3-9H,10-11H2,1-2H3,(H,19,23)/p+1/t17-/m1/s1. The van der Waals surface area contributed by atoms with Crippen LogP contribution in [0.1, 0.15) is 17.4 Å². The minimum absolute atomic E-state index is 0.220. The number of urea groups is 1. The van der Waals surface area contributed by atoms with Gasteiger partial charge in [0.1, 0.15) is 12.1 Å². The third-order valence-electron chi connectivity index (χ3n) is 4.16. The van der Waals surface area contributed by atoms with Gasteiger partial charge in [-0.25, -0.2) is 9.69 Å². The first-order valence-electron chi connectivity index (χ1n) is 7.65. The van der Waals surface area contributed by atoms with Crippen molar-refractivity contribution in [1.82, 2.24) is 10.2 Å². The number of benzene rings is 1. The quantitative estimate of drug-likeness (QED) is 0.795. The van der Waals surface area contributed by atoms with Crippen LogP contribution < -0.4 is 10.2 Å². The second-order valence-electron chi connectivity index (χ2n) is 6.15. The van der Waals surface area contributed by atoms with Crippen LogP contribution in [0.3, 0.4) is 0 Å². The Labute approximate surface area is 149 Å². The summed E-state index contributed by atoms with van der Waals surface area (Å²) in [6, 6.07) is 12.8. The van der Waals surface area contributed by atoms with Crippen LogP contribution in [-0.4, -0.2) is 30.6 Å². The number of carbonyl (C=O) groups excluding carboxylic acids is 2. The van der Waals surface area contributed by atoms with Gasteiger partial charge in [0, 0.05) is 0 Å². The lowest BCUT2D eigenvalue weighted by Gasteiger charge is -2.23. The fourth-order valence-electron chi connectivity index (χ4n) is 2.88. The molecule has 2 aromatic rings. The summed E-state index contributed by atoms with van der Waals surface area (Å²) in [6.07, 6.45) is 0. The summed E-state index contributed by atoms with van der Waals surface area (Å²) >= 11 is 7.46. The van der Waals surface area contributed by atoms with E-state index in [9.17, 15) is 9.59 Å². The highest BCUT2D eigenvalue weighted by Gasteiger charge is 2.49. The van der Waals surface area contributed by atoms with E-state index >= 15 is 0 Å². The molecule has 3 amide bonds. The molecular formula is C17H19ClN3O2S+. The second-order valence-corrected chi connectivity index (χ2v) is 7.95. The van der Waals surface area contributed by atoms with Crippen LogP contribution in [0.5, 0.6) is 0 Å². The molecule has 1 aromatic heterocycles. The van der Waals surface area contributed by atoms with E-state index in [0.717, 1.165) is 19.7 Å². The molecule has 24 heavy (non-hydrogen) atoms. The minimum Gasteiger partial charge on any atom is -0.319 e. The highest BCUT2D eigenvalue weighted by atomic mass is 35.5. The Morgan fingerprint density at radius 1 is 1.21 bits per heavy atom. The number of hydrogen-bond donors (Lipinski definition) is 2. The van der Waals surface area contributed by atoms with Gasteiger partial charge >= 0.3 is 6.03 Å². The molecule has 1 saturated heterocycles. The molecule has 0 saturated carbocycles. The monoisotopic (exact) mass is 364 g/mol. The third kappa shape index (κ3) is 3.17. The molecule has 7 heteroatoms. The largest absolute Gasteiger partial charge is 0.329 e. The van der Waals surface area contributed by atoms with Crippen LogP contribution in [0.4, 0.5) is 4.79 Å². The van der Waals surface area contributed by atoms with Gasteiger partial charge in [0.05, 0.1) is 16.3 Å². The van der Waals surface area contributed by atoms with E-state index in [4.69, 9.17) is 11.6 Å². The fraction of sp³-hybridized carbons (Fsp3) is 0.294. The molecule has 0 spiro atoms. The van der Waals surface area contributed by atoms with E-state index in [2.05, 4.69) is 5.32 Å². The average molecular weight is 365 g/mol. The zero-order valence-electron chi connectivity index (χ0n) is 13.5. The van der Waals surface area contributed by atoms with Crippen molar-refractivity contribution in [2.24, 2.45) is 0 Å². The number of imide groups is 1. The highest BCUT2D eigenvalue weighted by Crippen LogP contribution is 2.28. The molecule has 2 atom stereocenters. The summed E-state index contributed by atoms with van der Waals surface area (Å²) in [4.78, 5) is 28.6. The Morgan fingerprint density at radius 2 is 1.92 bits per heavy atom. The average Bonchev–Trinajstić information content (AvgIpc) is 3.05. The van der Waals surface area contributed by atoms with E-state index in [1.54, 1.807) is 6.92 Å². The summed E-state index contributed by atoms with van der Waals surface area (Å²) in [5.74, 6) is -0.220. The number of rotatable bonds is 5. The van der Waals surface area contributed by atoms with Crippen LogP contribution in [-0.2, 0) is 16.9 Å². The maximum atomic E-state index is 12.8. The second kappa shape index (κ2) is 6.55. The number of thiophene rings is 1. The maximum Gasteiger partial charge on any atom is 0.329 e. The lowest BCUT2D eigenvalue weighted by molar-refractivity contribution is -0.900. The molecular weight excluding hydrogens is 346 g/mol. The van der Waals surface area contributed by atoms with Gasteiger partial charge in [0.2, 0.25) is 0 Å². The van der Waals surface area contributed by atoms with Crippen LogP contribution in [0.25, 0.3) is 0 Å². The molecule has 2 heterocycles. The van der Waals surface area contributed by atoms with Crippen molar-refractivity contribution in [3.63, 3.8) is 0 Å². The molecule has 3 rings (SSSR count). The van der Waals surface area contributed by atoms with Gasteiger partial charge in [-0.1, -0.05) is 41.9 Å². The van der Waals surface area contributed by atoms with Crippen LogP contribution in [0.2, 0.25) is 4.34 Å². The number of halogens is 1. The summed E-state index contributed by atoms with van der Waals surface area (Å²) in [5, 5.41) is 2.83. The van der Waals surface area contributed by atoms with Gasteiger partial charge in [-0.2, -0.15) is 0 Å². The van der Waals surface area contributed by atoms with Crippen molar-refractivity contribution in [3.8, 4) is 0 Å². The predicted molar refractivity (Wildman–Crippen MR) is 94.0 cm³/mol. The van der Waals surface area contributed by atoms with Crippen LogP contribution in [0, 0.1) is 0 Å². The number of nitrogens with zero attached hydrogens (tertiary/aromatic N) is 1. The molecule has 0 bridgehead atoms. The molecule has 1 aliphatic rings. The summed E-state index contributed by atoms with van der Waals surface area (Å²) in [5.41, 5.74) is -0.223. The summed E-state index contributed by atoms with van der Waals surface area (Å²) < 4.78 is 0.740. The predicted octanol–water partition coefficient (Wildman–Crippen LogP) is 1.84. The zero-order chi connectivity index (χ0) is 17.3. The van der Waals surface area contributed by atoms with Gasteiger partial charge in [-0.3, -0.25) is 4.79 Å². The number of carbonyl (C=O) groups is 2. The molecule has 1 aliphatic heterocycles. The van der Waals surface area contributed by atoms with E-state index in [1.165, 1.54) is 16.2 Å². The van der Waals surface area contributed by atoms with E-state index < -0.39 is 5.54 Å². The van der Waals surface area contributed by atoms with Crippen molar-refractivity contribution in [3.05, 3.63) is 57.2 Å². The molecule has 1 aromatic carbocycles. The lowest BCUT2D eigenvalue weighted by atomic mass is 9.92. The number of amides is 3. The Balaban J connectivity index is 1.72. The van der Waals surface area contributed by atoms with Gasteiger partial charge in [-0.05, 0) is 24.6 Å². The minimum atomic E-state index is -1.01. The van der Waals surface area contributed by atoms with E-state index in [-0.39, 0.29) is 11.9 Å². The van der Waals surface area contributed by atoms with Crippen molar-refractivity contribution in [2.45, 2.75) is 19.0 Å². The molecule has 126 valence electrons. The SMILES string of the molecule is C[NH+](Cc1ccc(Cl)s1)CN1C(=O)N[C@](C)(c2ccccc2)C1=O. The fourth-order valence-corrected chi connectivity index (χ4v) is 4.08. The Kier molecular flexibility index (Phi) is 4.62. The molecule has 0 radical (unpaired) electrons. The first-order valence-corrected chi connectivity index (χ1v) is 8.85. The Bertz CT molecular complexity index is 764. The smallest absolute Gasteiger partial charge is 0.319 e. The first-order chi connectivity index (χ1) is 11.4. The number of hydrogen-bond acceptors (Lipinski definition) is 3. The van der Waals surface area contributed by atoms with Crippen LogP contribution in [0.15, 0.2) is 42.5 Å². The maximum absolute atomic E-state index is 12.8. The van der Waals surface area contributed by atoms with E-state index in [0.29, 0.717) is 13.2 Å².